The number of alkyl halides is 1. The third-order valence-corrected chi connectivity index (χ3v) is 2.95. The van der Waals surface area contributed by atoms with Crippen LogP contribution in [0.15, 0.2) is 12.2 Å². The maximum atomic E-state index is 5.94. The maximum Gasteiger partial charge on any atom is 0.0864 e. The summed E-state index contributed by atoms with van der Waals surface area (Å²) in [7, 11) is 0. The van der Waals surface area contributed by atoms with Crippen molar-refractivity contribution in [1.82, 2.24) is 0 Å². The Hall–Kier alpha value is -0.0100. The van der Waals surface area contributed by atoms with E-state index in [0.29, 0.717) is 0 Å². The van der Waals surface area contributed by atoms with Gasteiger partial charge in [0.25, 0.3) is 0 Å². The number of rotatable bonds is 0. The molecule has 1 saturated heterocycles. The third-order valence-electron chi connectivity index (χ3n) is 2.59. The predicted molar refractivity (Wildman–Crippen MR) is 45.9 cm³/mol. The summed E-state index contributed by atoms with van der Waals surface area (Å²) in [5.41, 5.74) is 0.0887. The van der Waals surface area contributed by atoms with Crippen LogP contribution >= 0.6 is 11.6 Å². The van der Waals surface area contributed by atoms with Gasteiger partial charge in [0.1, 0.15) is 0 Å². The smallest absolute Gasteiger partial charge is 0.0864 e. The second-order valence-electron chi connectivity index (χ2n) is 3.43. The lowest BCUT2D eigenvalue weighted by Crippen LogP contribution is -2.28. The van der Waals surface area contributed by atoms with Crippen LogP contribution in [0.2, 0.25) is 0 Å². The van der Waals surface area contributed by atoms with Crippen molar-refractivity contribution in [3.05, 3.63) is 12.2 Å². The Bertz CT molecular complexity index is 170. The fourth-order valence-electron chi connectivity index (χ4n) is 1.89. The molecule has 0 unspecified atom stereocenters. The van der Waals surface area contributed by atoms with Crippen LogP contribution in [-0.4, -0.2) is 17.6 Å². The Morgan fingerprint density at radius 3 is 2.91 bits per heavy atom. The van der Waals surface area contributed by atoms with Crippen LogP contribution in [0.4, 0.5) is 0 Å². The Labute approximate surface area is 72.4 Å². The van der Waals surface area contributed by atoms with Crippen LogP contribution in [0.1, 0.15) is 25.7 Å². The fourth-order valence-corrected chi connectivity index (χ4v) is 2.07. The van der Waals surface area contributed by atoms with Crippen molar-refractivity contribution < 1.29 is 4.74 Å². The summed E-state index contributed by atoms with van der Waals surface area (Å²) in [6.07, 6.45) is 8.82. The molecule has 2 rings (SSSR count). The van der Waals surface area contributed by atoms with Crippen LogP contribution in [-0.2, 0) is 4.74 Å². The zero-order valence-corrected chi connectivity index (χ0v) is 7.31. The summed E-state index contributed by atoms with van der Waals surface area (Å²) >= 11 is 5.94. The molecule has 1 aliphatic carbocycles. The number of allylic oxidation sites excluding steroid dienone is 1. The first kappa shape index (κ1) is 7.63. The summed E-state index contributed by atoms with van der Waals surface area (Å²) in [6, 6.07) is 0. The molecule has 1 heterocycles. The normalized spacial score (nSPS) is 43.5. The molecule has 11 heavy (non-hydrogen) atoms. The van der Waals surface area contributed by atoms with Gasteiger partial charge in [-0.2, -0.15) is 0 Å². The minimum atomic E-state index is 0.0887. The van der Waals surface area contributed by atoms with E-state index >= 15 is 0 Å². The molecule has 2 heteroatoms. The second-order valence-corrected chi connectivity index (χ2v) is 3.99. The number of hydrogen-bond acceptors (Lipinski definition) is 1. The van der Waals surface area contributed by atoms with Gasteiger partial charge in [-0.3, -0.25) is 0 Å². The van der Waals surface area contributed by atoms with E-state index in [1.807, 2.05) is 0 Å². The molecule has 1 fully saturated rings. The van der Waals surface area contributed by atoms with Gasteiger partial charge < -0.3 is 4.74 Å². The van der Waals surface area contributed by atoms with Crippen molar-refractivity contribution in [1.29, 1.82) is 0 Å². The van der Waals surface area contributed by atoms with Crippen LogP contribution < -0.4 is 0 Å². The van der Waals surface area contributed by atoms with E-state index in [4.69, 9.17) is 16.3 Å². The largest absolute Gasteiger partial charge is 0.371 e. The van der Waals surface area contributed by atoms with E-state index in [1.165, 1.54) is 12.8 Å². The van der Waals surface area contributed by atoms with Gasteiger partial charge in [0.2, 0.25) is 0 Å². The Morgan fingerprint density at radius 2 is 2.36 bits per heavy atom. The van der Waals surface area contributed by atoms with Gasteiger partial charge in [-0.05, 0) is 25.7 Å². The average Bonchev–Trinajstić information content (AvgIpc) is 2.45. The number of halogens is 1. The molecular weight excluding hydrogens is 160 g/mol. The van der Waals surface area contributed by atoms with E-state index in [0.717, 1.165) is 19.4 Å². The van der Waals surface area contributed by atoms with Gasteiger partial charge in [0, 0.05) is 6.61 Å². The molecule has 2 atom stereocenters. The molecule has 0 aromatic carbocycles. The van der Waals surface area contributed by atoms with Crippen LogP contribution in [0.25, 0.3) is 0 Å². The highest BCUT2D eigenvalue weighted by molar-refractivity contribution is 6.21. The zero-order valence-electron chi connectivity index (χ0n) is 6.55. The topological polar surface area (TPSA) is 9.23 Å². The summed E-state index contributed by atoms with van der Waals surface area (Å²) in [5.74, 6) is 0. The Morgan fingerprint density at radius 1 is 1.45 bits per heavy atom. The van der Waals surface area contributed by atoms with Crippen molar-refractivity contribution in [2.45, 2.75) is 36.7 Å². The van der Waals surface area contributed by atoms with Crippen molar-refractivity contribution in [2.24, 2.45) is 0 Å². The molecule has 0 N–H and O–H groups in total. The second kappa shape index (κ2) is 2.80. The van der Waals surface area contributed by atoms with E-state index in [1.54, 1.807) is 0 Å². The summed E-state index contributed by atoms with van der Waals surface area (Å²) in [4.78, 5) is 0. The Balaban J connectivity index is 2.09. The highest BCUT2D eigenvalue weighted by Gasteiger charge is 2.34. The molecule has 0 bridgehead atoms. The van der Waals surface area contributed by atoms with E-state index in [9.17, 15) is 0 Å². The van der Waals surface area contributed by atoms with Crippen LogP contribution in [0, 0.1) is 0 Å². The summed E-state index contributed by atoms with van der Waals surface area (Å²) < 4.78 is 5.68. The lowest BCUT2D eigenvalue weighted by molar-refractivity contribution is 0.0336. The maximum absolute atomic E-state index is 5.94. The standard InChI is InChI=1S/C9H13ClO/c10-8-2-5-9(6-3-8)4-1-7-11-9/h2,5,8H,1,3-4,6-7H2/t8-,9-/m0/s1. The zero-order chi connectivity index (χ0) is 7.73. The number of hydrogen-bond donors (Lipinski definition) is 0. The van der Waals surface area contributed by atoms with Gasteiger partial charge in [0.05, 0.1) is 11.0 Å². The first-order valence-corrected chi connectivity index (χ1v) is 4.72. The summed E-state index contributed by atoms with van der Waals surface area (Å²) in [6.45, 7) is 0.928. The van der Waals surface area contributed by atoms with Crippen LogP contribution in [0.5, 0.6) is 0 Å². The highest BCUT2D eigenvalue weighted by atomic mass is 35.5. The minimum absolute atomic E-state index is 0.0887. The van der Waals surface area contributed by atoms with Gasteiger partial charge >= 0.3 is 0 Å². The highest BCUT2D eigenvalue weighted by Crippen LogP contribution is 2.36. The predicted octanol–water partition coefficient (Wildman–Crippen LogP) is 2.49. The molecule has 0 amide bonds. The molecule has 1 aliphatic heterocycles. The summed E-state index contributed by atoms with van der Waals surface area (Å²) in [5, 5.41) is 0.241. The van der Waals surface area contributed by atoms with Crippen LogP contribution in [0.3, 0.4) is 0 Å². The van der Waals surface area contributed by atoms with E-state index < -0.39 is 0 Å². The Kier molecular flexibility index (Phi) is 1.94. The molecule has 0 aromatic rings. The molecule has 62 valence electrons. The fraction of sp³-hybridized carbons (Fsp3) is 0.778. The van der Waals surface area contributed by atoms with Gasteiger partial charge in [-0.25, -0.2) is 0 Å². The first-order valence-electron chi connectivity index (χ1n) is 4.28. The minimum Gasteiger partial charge on any atom is -0.371 e. The van der Waals surface area contributed by atoms with Crippen molar-refractivity contribution in [3.63, 3.8) is 0 Å². The van der Waals surface area contributed by atoms with Crippen molar-refractivity contribution >= 4 is 11.6 Å². The third kappa shape index (κ3) is 1.45. The molecule has 1 nitrogen and oxygen atoms in total. The molecule has 0 radical (unpaired) electrons. The quantitative estimate of drug-likeness (QED) is 0.403. The van der Waals surface area contributed by atoms with E-state index in [2.05, 4.69) is 12.2 Å². The van der Waals surface area contributed by atoms with Crippen molar-refractivity contribution in [3.8, 4) is 0 Å². The molecular formula is C9H13ClO. The van der Waals surface area contributed by atoms with Crippen molar-refractivity contribution in [2.75, 3.05) is 6.61 Å². The molecule has 0 saturated carbocycles. The lowest BCUT2D eigenvalue weighted by atomic mass is 9.88. The lowest BCUT2D eigenvalue weighted by Gasteiger charge is -2.29. The van der Waals surface area contributed by atoms with E-state index in [-0.39, 0.29) is 11.0 Å². The first-order chi connectivity index (χ1) is 5.31. The molecule has 1 spiro atoms. The van der Waals surface area contributed by atoms with Gasteiger partial charge in [0.15, 0.2) is 0 Å². The van der Waals surface area contributed by atoms with Gasteiger partial charge in [-0.15, -0.1) is 11.6 Å². The number of ether oxygens (including phenoxy) is 1. The molecule has 0 aromatic heterocycles. The monoisotopic (exact) mass is 172 g/mol. The van der Waals surface area contributed by atoms with Gasteiger partial charge in [-0.1, -0.05) is 12.2 Å². The SMILES string of the molecule is Cl[C@H]1C=C[C@@]2(CCCO2)CC1. The average molecular weight is 173 g/mol. The molecule has 2 aliphatic rings.